The van der Waals surface area contributed by atoms with E-state index in [0.29, 0.717) is 5.56 Å². The maximum Gasteiger partial charge on any atom is 0.345 e. The normalized spacial score (nSPS) is 9.74. The topological polar surface area (TPSA) is 91.3 Å². The van der Waals surface area contributed by atoms with Gasteiger partial charge in [0.25, 0.3) is 0 Å². The molecule has 1 aromatic rings. The predicted molar refractivity (Wildman–Crippen MR) is 82.5 cm³/mol. The molecule has 1 aromatic carbocycles. The van der Waals surface area contributed by atoms with Crippen LogP contribution in [-0.4, -0.2) is 44.5 Å². The van der Waals surface area contributed by atoms with Gasteiger partial charge in [0, 0.05) is 0 Å². The molecule has 7 nitrogen and oxygen atoms in total. The lowest BCUT2D eigenvalue weighted by atomic mass is 10.1. The summed E-state index contributed by atoms with van der Waals surface area (Å²) < 4.78 is 19.8. The zero-order valence-electron chi connectivity index (χ0n) is 13.5. The minimum atomic E-state index is -0.794. The first-order valence-corrected chi connectivity index (χ1v) is 6.99. The Labute approximate surface area is 134 Å². The van der Waals surface area contributed by atoms with Gasteiger partial charge in [-0.1, -0.05) is 0 Å². The molecule has 0 aromatic heterocycles. The first-order chi connectivity index (χ1) is 11.0. The molecule has 1 rings (SSSR count). The highest BCUT2D eigenvalue weighted by Crippen LogP contribution is 2.37. The Morgan fingerprint density at radius 2 is 1.43 bits per heavy atom. The SMILES string of the molecule is CCOC(=O)C(=Cc1cc(OC)c(O)c(OC)c1)C(=O)OCC. The number of hydrogen-bond donors (Lipinski definition) is 1. The Bertz CT molecular complexity index is 559. The summed E-state index contributed by atoms with van der Waals surface area (Å²) in [6.45, 7) is 3.51. The maximum atomic E-state index is 11.9. The molecule has 0 saturated carbocycles. The molecular weight excluding hydrogens is 304 g/mol. The second-order valence-electron chi connectivity index (χ2n) is 4.27. The number of ether oxygens (including phenoxy) is 4. The van der Waals surface area contributed by atoms with Crippen molar-refractivity contribution >= 4 is 18.0 Å². The molecule has 0 amide bonds. The van der Waals surface area contributed by atoms with Gasteiger partial charge in [-0.2, -0.15) is 0 Å². The summed E-state index contributed by atoms with van der Waals surface area (Å²) in [6, 6.07) is 2.91. The zero-order chi connectivity index (χ0) is 17.4. The number of aromatic hydroxyl groups is 1. The molecule has 0 aliphatic carbocycles. The van der Waals surface area contributed by atoms with Gasteiger partial charge in [-0.25, -0.2) is 9.59 Å². The summed E-state index contributed by atoms with van der Waals surface area (Å²) in [5.41, 5.74) is 0.149. The number of methoxy groups -OCH3 is 2. The van der Waals surface area contributed by atoms with E-state index in [1.165, 1.54) is 32.4 Å². The van der Waals surface area contributed by atoms with Crippen molar-refractivity contribution < 1.29 is 33.6 Å². The van der Waals surface area contributed by atoms with Gasteiger partial charge in [-0.05, 0) is 37.6 Å². The van der Waals surface area contributed by atoms with Gasteiger partial charge in [-0.15, -0.1) is 0 Å². The fourth-order valence-electron chi connectivity index (χ4n) is 1.78. The summed E-state index contributed by atoms with van der Waals surface area (Å²) in [4.78, 5) is 23.9. The van der Waals surface area contributed by atoms with Crippen molar-refractivity contribution in [3.05, 3.63) is 23.3 Å². The highest BCUT2D eigenvalue weighted by Gasteiger charge is 2.21. The Hall–Kier alpha value is -2.70. The van der Waals surface area contributed by atoms with Crippen LogP contribution in [-0.2, 0) is 19.1 Å². The lowest BCUT2D eigenvalue weighted by Gasteiger charge is -2.11. The van der Waals surface area contributed by atoms with E-state index in [9.17, 15) is 14.7 Å². The molecule has 0 atom stereocenters. The molecule has 126 valence electrons. The van der Waals surface area contributed by atoms with E-state index in [1.807, 2.05) is 0 Å². The third-order valence-electron chi connectivity index (χ3n) is 2.80. The van der Waals surface area contributed by atoms with Gasteiger partial charge >= 0.3 is 11.9 Å². The molecule has 0 radical (unpaired) electrons. The number of rotatable bonds is 7. The smallest absolute Gasteiger partial charge is 0.345 e. The number of carbonyl (C=O) groups excluding carboxylic acids is 2. The van der Waals surface area contributed by atoms with Crippen molar-refractivity contribution in [1.29, 1.82) is 0 Å². The molecule has 7 heteroatoms. The number of hydrogen-bond acceptors (Lipinski definition) is 7. The van der Waals surface area contributed by atoms with Crippen molar-refractivity contribution in [3.63, 3.8) is 0 Å². The minimum absolute atomic E-state index is 0.123. The van der Waals surface area contributed by atoms with Crippen molar-refractivity contribution in [2.75, 3.05) is 27.4 Å². The van der Waals surface area contributed by atoms with Crippen LogP contribution in [0.5, 0.6) is 17.2 Å². The second-order valence-corrected chi connectivity index (χ2v) is 4.27. The van der Waals surface area contributed by atoms with Crippen LogP contribution in [0.25, 0.3) is 6.08 Å². The first kappa shape index (κ1) is 18.3. The van der Waals surface area contributed by atoms with Crippen LogP contribution in [0, 0.1) is 0 Å². The van der Waals surface area contributed by atoms with E-state index in [1.54, 1.807) is 13.8 Å². The second kappa shape index (κ2) is 8.67. The summed E-state index contributed by atoms with van der Waals surface area (Å²) >= 11 is 0. The molecule has 23 heavy (non-hydrogen) atoms. The van der Waals surface area contributed by atoms with Crippen molar-refractivity contribution in [1.82, 2.24) is 0 Å². The Balaban J connectivity index is 3.35. The first-order valence-electron chi connectivity index (χ1n) is 6.99. The zero-order valence-corrected chi connectivity index (χ0v) is 13.5. The van der Waals surface area contributed by atoms with Crippen LogP contribution in [0.15, 0.2) is 17.7 Å². The minimum Gasteiger partial charge on any atom is -0.502 e. The largest absolute Gasteiger partial charge is 0.502 e. The average molecular weight is 324 g/mol. The van der Waals surface area contributed by atoms with Crippen molar-refractivity contribution in [2.24, 2.45) is 0 Å². The van der Waals surface area contributed by atoms with Crippen molar-refractivity contribution in [3.8, 4) is 17.2 Å². The Morgan fingerprint density at radius 1 is 1.00 bits per heavy atom. The molecule has 0 saturated heterocycles. The van der Waals surface area contributed by atoms with E-state index in [-0.39, 0.29) is 36.0 Å². The molecule has 0 unspecified atom stereocenters. The van der Waals surface area contributed by atoms with Gasteiger partial charge in [-0.3, -0.25) is 0 Å². The summed E-state index contributed by atoms with van der Waals surface area (Å²) in [6.07, 6.45) is 1.29. The maximum absolute atomic E-state index is 11.9. The average Bonchev–Trinajstić information content (AvgIpc) is 2.53. The monoisotopic (exact) mass is 324 g/mol. The molecule has 0 aliphatic heterocycles. The van der Waals surface area contributed by atoms with Crippen LogP contribution in [0.1, 0.15) is 19.4 Å². The predicted octanol–water partition coefficient (Wildman–Crippen LogP) is 1.92. The molecule has 0 bridgehead atoms. The quantitative estimate of drug-likeness (QED) is 0.354. The van der Waals surface area contributed by atoms with E-state index >= 15 is 0 Å². The molecular formula is C16H20O7. The third kappa shape index (κ3) is 4.64. The number of phenols is 1. The lowest BCUT2D eigenvalue weighted by molar-refractivity contribution is -0.146. The van der Waals surface area contributed by atoms with Gasteiger partial charge < -0.3 is 24.1 Å². The lowest BCUT2D eigenvalue weighted by Crippen LogP contribution is -2.18. The van der Waals surface area contributed by atoms with Crippen LogP contribution < -0.4 is 9.47 Å². The van der Waals surface area contributed by atoms with E-state index in [2.05, 4.69) is 0 Å². The van der Waals surface area contributed by atoms with Gasteiger partial charge in [0.15, 0.2) is 11.5 Å². The molecule has 0 heterocycles. The number of phenolic OH excluding ortho intramolecular Hbond substituents is 1. The van der Waals surface area contributed by atoms with E-state index in [0.717, 1.165) is 0 Å². The fourth-order valence-corrected chi connectivity index (χ4v) is 1.78. The molecule has 0 fully saturated rings. The summed E-state index contributed by atoms with van der Waals surface area (Å²) in [5, 5.41) is 9.88. The van der Waals surface area contributed by atoms with E-state index < -0.39 is 11.9 Å². The van der Waals surface area contributed by atoms with Crippen LogP contribution in [0.2, 0.25) is 0 Å². The Morgan fingerprint density at radius 3 is 1.78 bits per heavy atom. The van der Waals surface area contributed by atoms with Crippen LogP contribution >= 0.6 is 0 Å². The standard InChI is InChI=1S/C16H20O7/c1-5-22-15(18)11(16(19)23-6-2)7-10-8-12(20-3)14(17)13(9-10)21-4/h7-9,17H,5-6H2,1-4H3. The highest BCUT2D eigenvalue weighted by molar-refractivity contribution is 6.17. The summed E-state index contributed by atoms with van der Waals surface area (Å²) in [7, 11) is 2.75. The Kier molecular flexibility index (Phi) is 6.92. The van der Waals surface area contributed by atoms with Gasteiger partial charge in [0.1, 0.15) is 5.57 Å². The van der Waals surface area contributed by atoms with Crippen molar-refractivity contribution in [2.45, 2.75) is 13.8 Å². The third-order valence-corrected chi connectivity index (χ3v) is 2.80. The molecule has 0 aliphatic rings. The number of esters is 2. The van der Waals surface area contributed by atoms with E-state index in [4.69, 9.17) is 18.9 Å². The van der Waals surface area contributed by atoms with Crippen LogP contribution in [0.3, 0.4) is 0 Å². The summed E-state index contributed by atoms with van der Waals surface area (Å²) in [5.74, 6) is -1.49. The van der Waals surface area contributed by atoms with Crippen LogP contribution in [0.4, 0.5) is 0 Å². The van der Waals surface area contributed by atoms with Gasteiger partial charge in [0.2, 0.25) is 5.75 Å². The number of benzene rings is 1. The van der Waals surface area contributed by atoms with Gasteiger partial charge in [0.05, 0.1) is 27.4 Å². The molecule has 0 spiro atoms. The number of carbonyl (C=O) groups is 2. The molecule has 1 N–H and O–H groups in total. The highest BCUT2D eigenvalue weighted by atomic mass is 16.6. The fraction of sp³-hybridized carbons (Fsp3) is 0.375.